The Hall–Kier alpha value is -2.09. The summed E-state index contributed by atoms with van der Waals surface area (Å²) in [4.78, 5) is 4.41. The van der Waals surface area contributed by atoms with Crippen LogP contribution in [0.15, 0.2) is 53.1 Å². The van der Waals surface area contributed by atoms with Gasteiger partial charge in [-0.3, -0.25) is 4.98 Å². The summed E-state index contributed by atoms with van der Waals surface area (Å²) in [6, 6.07) is 14.1. The number of aryl methyl sites for hydroxylation is 1. The summed E-state index contributed by atoms with van der Waals surface area (Å²) in [5.41, 5.74) is 2.03. The van der Waals surface area contributed by atoms with E-state index in [1.807, 2.05) is 43.5 Å². The fourth-order valence-corrected chi connectivity index (χ4v) is 1.80. The van der Waals surface area contributed by atoms with E-state index in [0.717, 1.165) is 28.0 Å². The van der Waals surface area contributed by atoms with Crippen molar-refractivity contribution in [3.05, 3.63) is 54.4 Å². The van der Waals surface area contributed by atoms with Gasteiger partial charge in [0.15, 0.2) is 0 Å². The average molecular weight is 209 g/mol. The molecule has 0 aliphatic carbocycles. The molecule has 0 fully saturated rings. The predicted molar refractivity (Wildman–Crippen MR) is 64.2 cm³/mol. The van der Waals surface area contributed by atoms with Crippen molar-refractivity contribution in [3.8, 4) is 11.3 Å². The molecule has 78 valence electrons. The Morgan fingerprint density at radius 3 is 2.75 bits per heavy atom. The zero-order chi connectivity index (χ0) is 11.0. The molecular weight excluding hydrogens is 198 g/mol. The number of nitrogens with zero attached hydrogens (tertiary/aromatic N) is 1. The van der Waals surface area contributed by atoms with E-state index in [9.17, 15) is 0 Å². The summed E-state index contributed by atoms with van der Waals surface area (Å²) in [5.74, 6) is 1.79. The molecule has 2 aromatic heterocycles. The molecule has 2 heterocycles. The molecule has 0 amide bonds. The SMILES string of the molecule is Cc1ccc(-c2cnc3ccccc3c2)o1. The topological polar surface area (TPSA) is 26.0 Å². The van der Waals surface area contributed by atoms with Crippen molar-refractivity contribution in [3.63, 3.8) is 0 Å². The highest BCUT2D eigenvalue weighted by Gasteiger charge is 2.03. The van der Waals surface area contributed by atoms with E-state index in [2.05, 4.69) is 17.1 Å². The highest BCUT2D eigenvalue weighted by atomic mass is 16.3. The zero-order valence-corrected chi connectivity index (χ0v) is 8.97. The van der Waals surface area contributed by atoms with E-state index < -0.39 is 0 Å². The summed E-state index contributed by atoms with van der Waals surface area (Å²) < 4.78 is 5.58. The smallest absolute Gasteiger partial charge is 0.135 e. The van der Waals surface area contributed by atoms with E-state index in [1.165, 1.54) is 0 Å². The Balaban J connectivity index is 2.18. The molecule has 0 saturated carbocycles. The van der Waals surface area contributed by atoms with Gasteiger partial charge in [-0.05, 0) is 31.2 Å². The molecule has 2 heteroatoms. The third-order valence-corrected chi connectivity index (χ3v) is 2.62. The van der Waals surface area contributed by atoms with Gasteiger partial charge in [-0.25, -0.2) is 0 Å². The van der Waals surface area contributed by atoms with Crippen molar-refractivity contribution in [1.29, 1.82) is 0 Å². The lowest BCUT2D eigenvalue weighted by Crippen LogP contribution is -1.80. The van der Waals surface area contributed by atoms with Gasteiger partial charge in [0.2, 0.25) is 0 Å². The van der Waals surface area contributed by atoms with Crippen molar-refractivity contribution in [2.75, 3.05) is 0 Å². The number of pyridine rings is 1. The maximum atomic E-state index is 5.58. The van der Waals surface area contributed by atoms with Gasteiger partial charge < -0.3 is 4.42 Å². The molecule has 0 atom stereocenters. The third kappa shape index (κ3) is 1.48. The first-order valence-electron chi connectivity index (χ1n) is 5.24. The molecule has 0 radical (unpaired) electrons. The molecule has 2 nitrogen and oxygen atoms in total. The van der Waals surface area contributed by atoms with Gasteiger partial charge in [-0.15, -0.1) is 0 Å². The van der Waals surface area contributed by atoms with Crippen LogP contribution in [0.25, 0.3) is 22.2 Å². The number of para-hydroxylation sites is 1. The fourth-order valence-electron chi connectivity index (χ4n) is 1.80. The molecular formula is C14H11NO. The maximum absolute atomic E-state index is 5.58. The predicted octanol–water partition coefficient (Wildman–Crippen LogP) is 3.80. The van der Waals surface area contributed by atoms with Crippen LogP contribution in [-0.2, 0) is 0 Å². The van der Waals surface area contributed by atoms with Gasteiger partial charge >= 0.3 is 0 Å². The summed E-state index contributed by atoms with van der Waals surface area (Å²) in [6.07, 6.45) is 1.85. The number of fused-ring (bicyclic) bond motifs is 1. The minimum Gasteiger partial charge on any atom is -0.461 e. The maximum Gasteiger partial charge on any atom is 0.135 e. The van der Waals surface area contributed by atoms with E-state index in [0.29, 0.717) is 0 Å². The monoisotopic (exact) mass is 209 g/mol. The van der Waals surface area contributed by atoms with Crippen molar-refractivity contribution in [2.45, 2.75) is 6.92 Å². The minimum atomic E-state index is 0.871. The lowest BCUT2D eigenvalue weighted by Gasteiger charge is -1.99. The first-order chi connectivity index (χ1) is 7.83. The fraction of sp³-hybridized carbons (Fsp3) is 0.0714. The molecule has 16 heavy (non-hydrogen) atoms. The van der Waals surface area contributed by atoms with E-state index in [4.69, 9.17) is 4.42 Å². The molecule has 0 aliphatic rings. The molecule has 3 aromatic rings. The Morgan fingerprint density at radius 2 is 1.94 bits per heavy atom. The van der Waals surface area contributed by atoms with E-state index >= 15 is 0 Å². The average Bonchev–Trinajstić information content (AvgIpc) is 2.75. The van der Waals surface area contributed by atoms with Crippen LogP contribution in [0.4, 0.5) is 0 Å². The number of aromatic nitrogens is 1. The molecule has 0 saturated heterocycles. The molecule has 0 bridgehead atoms. The van der Waals surface area contributed by atoms with Gasteiger partial charge in [0.25, 0.3) is 0 Å². The highest BCUT2D eigenvalue weighted by Crippen LogP contribution is 2.24. The number of benzene rings is 1. The normalized spacial score (nSPS) is 10.8. The van der Waals surface area contributed by atoms with Crippen molar-refractivity contribution in [1.82, 2.24) is 4.98 Å². The van der Waals surface area contributed by atoms with Crippen molar-refractivity contribution >= 4 is 10.9 Å². The van der Waals surface area contributed by atoms with Crippen LogP contribution >= 0.6 is 0 Å². The van der Waals surface area contributed by atoms with Gasteiger partial charge in [0, 0.05) is 17.1 Å². The van der Waals surface area contributed by atoms with Crippen molar-refractivity contribution in [2.24, 2.45) is 0 Å². The number of hydrogen-bond acceptors (Lipinski definition) is 2. The quantitative estimate of drug-likeness (QED) is 0.609. The number of hydrogen-bond donors (Lipinski definition) is 0. The summed E-state index contributed by atoms with van der Waals surface area (Å²) in [5, 5.41) is 1.13. The Bertz CT molecular complexity index is 640. The second kappa shape index (κ2) is 3.49. The molecule has 0 spiro atoms. The summed E-state index contributed by atoms with van der Waals surface area (Å²) in [7, 11) is 0. The highest BCUT2D eigenvalue weighted by molar-refractivity contribution is 5.82. The van der Waals surface area contributed by atoms with Crippen LogP contribution in [0, 0.1) is 6.92 Å². The van der Waals surface area contributed by atoms with Gasteiger partial charge in [0.1, 0.15) is 11.5 Å². The lowest BCUT2D eigenvalue weighted by atomic mass is 10.1. The van der Waals surface area contributed by atoms with E-state index in [-0.39, 0.29) is 0 Å². The molecule has 0 aliphatic heterocycles. The Labute approximate surface area is 93.5 Å². The lowest BCUT2D eigenvalue weighted by molar-refractivity contribution is 0.548. The Morgan fingerprint density at radius 1 is 1.06 bits per heavy atom. The van der Waals surface area contributed by atoms with Crippen LogP contribution in [0.2, 0.25) is 0 Å². The second-order valence-corrected chi connectivity index (χ2v) is 3.83. The van der Waals surface area contributed by atoms with Crippen LogP contribution in [0.1, 0.15) is 5.76 Å². The molecule has 1 aromatic carbocycles. The summed E-state index contributed by atoms with van der Waals surface area (Å²) >= 11 is 0. The van der Waals surface area contributed by atoms with Gasteiger partial charge in [-0.1, -0.05) is 18.2 Å². The van der Waals surface area contributed by atoms with Crippen LogP contribution in [0.3, 0.4) is 0 Å². The molecule has 0 unspecified atom stereocenters. The van der Waals surface area contributed by atoms with Crippen LogP contribution in [0.5, 0.6) is 0 Å². The van der Waals surface area contributed by atoms with Crippen LogP contribution < -0.4 is 0 Å². The minimum absolute atomic E-state index is 0.871. The number of furan rings is 1. The largest absolute Gasteiger partial charge is 0.461 e. The zero-order valence-electron chi connectivity index (χ0n) is 8.97. The van der Waals surface area contributed by atoms with E-state index in [1.54, 1.807) is 0 Å². The standard InChI is InChI=1S/C14H11NO/c1-10-6-7-14(16-10)12-8-11-4-2-3-5-13(11)15-9-12/h2-9H,1H3. The summed E-state index contributed by atoms with van der Waals surface area (Å²) in [6.45, 7) is 1.94. The molecule has 3 rings (SSSR count). The third-order valence-electron chi connectivity index (χ3n) is 2.62. The van der Waals surface area contributed by atoms with Crippen LogP contribution in [-0.4, -0.2) is 4.98 Å². The second-order valence-electron chi connectivity index (χ2n) is 3.83. The first-order valence-corrected chi connectivity index (χ1v) is 5.24. The number of rotatable bonds is 1. The van der Waals surface area contributed by atoms with Gasteiger partial charge in [-0.2, -0.15) is 0 Å². The van der Waals surface area contributed by atoms with Gasteiger partial charge in [0.05, 0.1) is 5.52 Å². The van der Waals surface area contributed by atoms with Crippen molar-refractivity contribution < 1.29 is 4.42 Å². The Kier molecular flexibility index (Phi) is 2.00. The molecule has 0 N–H and O–H groups in total. The first kappa shape index (κ1) is 9.16.